The maximum absolute atomic E-state index is 13.0. The summed E-state index contributed by atoms with van der Waals surface area (Å²) in [5, 5.41) is 0. The van der Waals surface area contributed by atoms with Crippen molar-refractivity contribution < 1.29 is 4.79 Å². The average molecular weight is 342 g/mol. The van der Waals surface area contributed by atoms with E-state index >= 15 is 0 Å². The summed E-state index contributed by atoms with van der Waals surface area (Å²) in [6, 6.07) is 6.40. The number of aromatic nitrogens is 1. The third kappa shape index (κ3) is 3.72. The fraction of sp³-hybridized carbons (Fsp3) is 0.700. The van der Waals surface area contributed by atoms with Crippen LogP contribution >= 0.6 is 0 Å². The summed E-state index contributed by atoms with van der Waals surface area (Å²) in [7, 11) is 0. The van der Waals surface area contributed by atoms with Crippen LogP contribution in [0.3, 0.4) is 0 Å². The van der Waals surface area contributed by atoms with Crippen molar-refractivity contribution in [2.75, 3.05) is 26.2 Å². The smallest absolute Gasteiger partial charge is 0.225 e. The number of piperazine rings is 1. The second-order valence-corrected chi connectivity index (χ2v) is 8.12. The quantitative estimate of drug-likeness (QED) is 0.911. The van der Waals surface area contributed by atoms with Gasteiger partial charge in [-0.1, -0.05) is 12.5 Å². The van der Waals surface area contributed by atoms with Gasteiger partial charge in [-0.3, -0.25) is 14.7 Å². The van der Waals surface area contributed by atoms with Crippen LogP contribution in [0.25, 0.3) is 0 Å². The molecule has 1 amide bonds. The van der Waals surface area contributed by atoms with Gasteiger partial charge >= 0.3 is 0 Å². The van der Waals surface area contributed by atoms with Crippen LogP contribution in [0.1, 0.15) is 37.8 Å². The van der Waals surface area contributed by atoms with Crippen molar-refractivity contribution in [3.05, 3.63) is 30.1 Å². The van der Waals surface area contributed by atoms with Gasteiger partial charge in [0.1, 0.15) is 0 Å². The van der Waals surface area contributed by atoms with Gasteiger partial charge in [0.2, 0.25) is 5.91 Å². The molecule has 2 unspecified atom stereocenters. The number of fused-ring (bicyclic) bond motifs is 2. The highest BCUT2D eigenvalue weighted by Gasteiger charge is 2.41. The van der Waals surface area contributed by atoms with Crippen LogP contribution in [0.4, 0.5) is 0 Å². The maximum Gasteiger partial charge on any atom is 0.225 e. The molecule has 0 spiro atoms. The number of carbonyl (C=O) groups excluding carboxylic acids is 1. The van der Waals surface area contributed by atoms with Gasteiger partial charge in [0, 0.05) is 50.9 Å². The molecule has 1 aliphatic heterocycles. The molecule has 136 valence electrons. The molecule has 2 heterocycles. The second kappa shape index (κ2) is 7.42. The SMILES string of the molecule is NC1C2CCCC1CC(C(=O)N1CCN(Cc3ccccn3)CC1)C2. The van der Waals surface area contributed by atoms with E-state index in [-0.39, 0.29) is 5.92 Å². The van der Waals surface area contributed by atoms with Crippen molar-refractivity contribution in [2.45, 2.75) is 44.7 Å². The van der Waals surface area contributed by atoms with Crippen molar-refractivity contribution >= 4 is 5.91 Å². The molecule has 2 bridgehead atoms. The second-order valence-electron chi connectivity index (χ2n) is 8.12. The Kier molecular flexibility index (Phi) is 5.04. The predicted octanol–water partition coefficient (Wildman–Crippen LogP) is 1.88. The van der Waals surface area contributed by atoms with E-state index in [1.165, 1.54) is 19.3 Å². The van der Waals surface area contributed by atoms with Gasteiger partial charge in [0.15, 0.2) is 0 Å². The van der Waals surface area contributed by atoms with Gasteiger partial charge in [0.25, 0.3) is 0 Å². The first-order valence-corrected chi connectivity index (χ1v) is 9.87. The van der Waals surface area contributed by atoms with Crippen LogP contribution in [0.5, 0.6) is 0 Å². The van der Waals surface area contributed by atoms with Crippen molar-refractivity contribution in [3.8, 4) is 0 Å². The van der Waals surface area contributed by atoms with Crippen LogP contribution < -0.4 is 5.73 Å². The highest BCUT2D eigenvalue weighted by molar-refractivity contribution is 5.79. The van der Waals surface area contributed by atoms with Crippen LogP contribution in [0.15, 0.2) is 24.4 Å². The monoisotopic (exact) mass is 342 g/mol. The van der Waals surface area contributed by atoms with Gasteiger partial charge in [-0.05, 0) is 49.7 Å². The molecular formula is C20H30N4O. The lowest BCUT2D eigenvalue weighted by atomic mass is 9.65. The highest BCUT2D eigenvalue weighted by atomic mass is 16.2. The van der Waals surface area contributed by atoms with Crippen molar-refractivity contribution in [1.29, 1.82) is 0 Å². The number of amides is 1. The summed E-state index contributed by atoms with van der Waals surface area (Å²) in [6.07, 6.45) is 7.63. The topological polar surface area (TPSA) is 62.5 Å². The van der Waals surface area contributed by atoms with Crippen molar-refractivity contribution in [3.63, 3.8) is 0 Å². The summed E-state index contributed by atoms with van der Waals surface area (Å²) < 4.78 is 0. The fourth-order valence-corrected chi connectivity index (χ4v) is 5.10. The molecule has 3 fully saturated rings. The Morgan fingerprint density at radius 1 is 1.12 bits per heavy atom. The molecule has 5 heteroatoms. The Hall–Kier alpha value is -1.46. The fourth-order valence-electron chi connectivity index (χ4n) is 5.10. The third-order valence-corrected chi connectivity index (χ3v) is 6.56. The van der Waals surface area contributed by atoms with E-state index in [2.05, 4.69) is 20.9 Å². The van der Waals surface area contributed by atoms with Gasteiger partial charge in [-0.25, -0.2) is 0 Å². The lowest BCUT2D eigenvalue weighted by Gasteiger charge is -2.45. The van der Waals surface area contributed by atoms with E-state index in [9.17, 15) is 4.79 Å². The Bertz CT molecular complexity index is 571. The normalized spacial score (nSPS) is 33.2. The lowest BCUT2D eigenvalue weighted by Crippen LogP contribution is -2.53. The Morgan fingerprint density at radius 3 is 2.48 bits per heavy atom. The Labute approximate surface area is 150 Å². The summed E-state index contributed by atoms with van der Waals surface area (Å²) in [5.41, 5.74) is 7.49. The number of carbonyl (C=O) groups is 1. The first-order valence-electron chi connectivity index (χ1n) is 9.87. The molecule has 25 heavy (non-hydrogen) atoms. The molecule has 0 radical (unpaired) electrons. The molecule has 2 saturated carbocycles. The molecule has 2 N–H and O–H groups in total. The molecule has 1 aromatic rings. The summed E-state index contributed by atoms with van der Waals surface area (Å²) in [5.74, 6) is 1.76. The standard InChI is InChI=1S/C20H30N4O/c21-19-15-4-3-5-16(19)13-17(12-15)20(25)24-10-8-23(9-11-24)14-18-6-1-2-7-22-18/h1-2,6-7,15-17,19H,3-5,8-14,21H2. The number of rotatable bonds is 3. The minimum Gasteiger partial charge on any atom is -0.340 e. The van der Waals surface area contributed by atoms with Crippen LogP contribution in [-0.4, -0.2) is 52.9 Å². The molecule has 1 aromatic heterocycles. The molecule has 5 nitrogen and oxygen atoms in total. The largest absolute Gasteiger partial charge is 0.340 e. The molecule has 2 aliphatic carbocycles. The van der Waals surface area contributed by atoms with Crippen LogP contribution in [0.2, 0.25) is 0 Å². The van der Waals surface area contributed by atoms with Gasteiger partial charge in [-0.15, -0.1) is 0 Å². The van der Waals surface area contributed by atoms with Crippen LogP contribution in [0, 0.1) is 17.8 Å². The zero-order valence-electron chi connectivity index (χ0n) is 15.0. The molecule has 0 aromatic carbocycles. The average Bonchev–Trinajstić information content (AvgIpc) is 2.62. The van der Waals surface area contributed by atoms with Gasteiger partial charge in [0.05, 0.1) is 5.69 Å². The predicted molar refractivity (Wildman–Crippen MR) is 97.6 cm³/mol. The zero-order chi connectivity index (χ0) is 17.2. The minimum atomic E-state index is 0.220. The molecular weight excluding hydrogens is 312 g/mol. The summed E-state index contributed by atoms with van der Waals surface area (Å²) >= 11 is 0. The number of pyridine rings is 1. The Balaban J connectivity index is 1.29. The maximum atomic E-state index is 13.0. The van der Waals surface area contributed by atoms with E-state index in [1.807, 2.05) is 18.3 Å². The molecule has 4 rings (SSSR count). The molecule has 3 aliphatic rings. The van der Waals surface area contributed by atoms with E-state index in [1.54, 1.807) is 0 Å². The number of nitrogens with zero attached hydrogens (tertiary/aromatic N) is 3. The lowest BCUT2D eigenvalue weighted by molar-refractivity contribution is -0.140. The first kappa shape index (κ1) is 17.0. The third-order valence-electron chi connectivity index (χ3n) is 6.56. The Morgan fingerprint density at radius 2 is 1.84 bits per heavy atom. The van der Waals surface area contributed by atoms with Crippen molar-refractivity contribution in [2.24, 2.45) is 23.5 Å². The summed E-state index contributed by atoms with van der Waals surface area (Å²) in [6.45, 7) is 4.47. The first-order chi connectivity index (χ1) is 12.2. The van der Waals surface area contributed by atoms with Crippen molar-refractivity contribution in [1.82, 2.24) is 14.8 Å². The number of nitrogens with two attached hydrogens (primary N) is 1. The van der Waals surface area contributed by atoms with Crippen LogP contribution in [-0.2, 0) is 11.3 Å². The van der Waals surface area contributed by atoms with E-state index < -0.39 is 0 Å². The van der Waals surface area contributed by atoms with E-state index in [0.29, 0.717) is 23.8 Å². The summed E-state index contributed by atoms with van der Waals surface area (Å²) in [4.78, 5) is 21.9. The van der Waals surface area contributed by atoms with Gasteiger partial charge < -0.3 is 10.6 Å². The molecule has 2 atom stereocenters. The highest BCUT2D eigenvalue weighted by Crippen LogP contribution is 2.42. The number of hydrogen-bond acceptors (Lipinski definition) is 4. The molecule has 1 saturated heterocycles. The van der Waals surface area contributed by atoms with Gasteiger partial charge in [-0.2, -0.15) is 0 Å². The van der Waals surface area contributed by atoms with E-state index in [0.717, 1.165) is 51.3 Å². The van der Waals surface area contributed by atoms with E-state index in [4.69, 9.17) is 5.73 Å². The zero-order valence-corrected chi connectivity index (χ0v) is 15.0. The number of hydrogen-bond donors (Lipinski definition) is 1. The minimum absolute atomic E-state index is 0.220.